The van der Waals surface area contributed by atoms with Crippen molar-refractivity contribution in [3.8, 4) is 11.1 Å². The van der Waals surface area contributed by atoms with Crippen LogP contribution in [-0.4, -0.2) is 51.2 Å². The van der Waals surface area contributed by atoms with Gasteiger partial charge < -0.3 is 20.3 Å². The summed E-state index contributed by atoms with van der Waals surface area (Å²) in [6.45, 7) is 12.2. The molecule has 7 nitrogen and oxygen atoms in total. The molecule has 2 aromatic rings. The van der Waals surface area contributed by atoms with Crippen LogP contribution in [0, 0.1) is 6.57 Å². The van der Waals surface area contributed by atoms with Crippen LogP contribution in [0.3, 0.4) is 0 Å². The first kappa shape index (κ1) is 22.4. The maximum Gasteiger partial charge on any atom is 0.260 e. The van der Waals surface area contributed by atoms with Gasteiger partial charge in [-0.25, -0.2) is 4.85 Å². The molecule has 0 bridgehead atoms. The first-order valence-corrected chi connectivity index (χ1v) is 10.8. The number of nitrogens with one attached hydrogen (secondary N) is 2. The number of anilines is 1. The van der Waals surface area contributed by atoms with Crippen molar-refractivity contribution in [1.82, 2.24) is 10.6 Å². The summed E-state index contributed by atoms with van der Waals surface area (Å²) in [7, 11) is 0. The standard InChI is InChI=1S/C20H20Cl2N4O3S/c1-12(27)24-5-6-25-19(28)18-16(14-4-3-13(21)11-15(14)22)17(23-2)20(30-18)26-7-9-29-10-8-26/h3-4,11H,5-10H2,1H3,(H,24,27)(H,25,28). The molecule has 0 atom stereocenters. The quantitative estimate of drug-likeness (QED) is 0.498. The zero-order valence-electron chi connectivity index (χ0n) is 16.3. The van der Waals surface area contributed by atoms with Crippen molar-refractivity contribution >= 4 is 57.0 Å². The van der Waals surface area contributed by atoms with E-state index < -0.39 is 0 Å². The Labute approximate surface area is 188 Å². The number of nitrogens with zero attached hydrogens (tertiary/aromatic N) is 2. The molecular formula is C20H20Cl2N4O3S. The molecule has 2 amide bonds. The zero-order valence-corrected chi connectivity index (χ0v) is 18.6. The highest BCUT2D eigenvalue weighted by Crippen LogP contribution is 2.50. The number of carbonyl (C=O) groups is 2. The van der Waals surface area contributed by atoms with Crippen LogP contribution in [0.5, 0.6) is 0 Å². The Hall–Kier alpha value is -2.31. The van der Waals surface area contributed by atoms with Gasteiger partial charge >= 0.3 is 0 Å². The smallest absolute Gasteiger partial charge is 0.260 e. The van der Waals surface area contributed by atoms with Crippen molar-refractivity contribution in [2.45, 2.75) is 6.92 Å². The topological polar surface area (TPSA) is 75.0 Å². The number of carbonyl (C=O) groups excluding carboxylic acids is 2. The van der Waals surface area contributed by atoms with E-state index in [4.69, 9.17) is 34.5 Å². The molecule has 1 aliphatic rings. The third kappa shape index (κ3) is 5.05. The van der Waals surface area contributed by atoms with Gasteiger partial charge in [-0.1, -0.05) is 29.3 Å². The highest BCUT2D eigenvalue weighted by molar-refractivity contribution is 7.19. The second-order valence-corrected chi connectivity index (χ2v) is 8.38. The van der Waals surface area contributed by atoms with Crippen LogP contribution in [0.2, 0.25) is 10.0 Å². The summed E-state index contributed by atoms with van der Waals surface area (Å²) in [5, 5.41) is 7.00. The van der Waals surface area contributed by atoms with Gasteiger partial charge in [0.05, 0.1) is 29.7 Å². The molecule has 2 heterocycles. The molecule has 2 N–H and O–H groups in total. The van der Waals surface area contributed by atoms with Gasteiger partial charge in [-0.05, 0) is 17.7 Å². The minimum Gasteiger partial charge on any atom is -0.378 e. The van der Waals surface area contributed by atoms with Gasteiger partial charge in [0.2, 0.25) is 11.6 Å². The minimum atomic E-state index is -0.323. The molecule has 3 rings (SSSR count). The number of morpholine rings is 1. The molecule has 1 saturated heterocycles. The Bertz CT molecular complexity index is 997. The predicted octanol–water partition coefficient (Wildman–Crippen LogP) is 3.98. The van der Waals surface area contributed by atoms with Gasteiger partial charge in [0.1, 0.15) is 0 Å². The van der Waals surface area contributed by atoms with Crippen LogP contribution in [0.4, 0.5) is 10.7 Å². The van der Waals surface area contributed by atoms with E-state index >= 15 is 0 Å². The lowest BCUT2D eigenvalue weighted by molar-refractivity contribution is -0.118. The third-order valence-corrected chi connectivity index (χ3v) is 6.25. The fourth-order valence-electron chi connectivity index (χ4n) is 3.09. The van der Waals surface area contributed by atoms with Crippen LogP contribution >= 0.6 is 34.5 Å². The average Bonchev–Trinajstić information content (AvgIpc) is 3.11. The van der Waals surface area contributed by atoms with Gasteiger partial charge in [-0.2, -0.15) is 0 Å². The minimum absolute atomic E-state index is 0.168. The van der Waals surface area contributed by atoms with E-state index in [0.717, 1.165) is 5.00 Å². The predicted molar refractivity (Wildman–Crippen MR) is 120 cm³/mol. The number of amides is 2. The summed E-state index contributed by atoms with van der Waals surface area (Å²) >= 11 is 13.7. The Kier molecular flexibility index (Phi) is 7.56. The summed E-state index contributed by atoms with van der Waals surface area (Å²) in [5.41, 5.74) is 1.46. The number of benzene rings is 1. The highest BCUT2D eigenvalue weighted by atomic mass is 35.5. The lowest BCUT2D eigenvalue weighted by atomic mass is 10.0. The van der Waals surface area contributed by atoms with E-state index in [-0.39, 0.29) is 18.4 Å². The average molecular weight is 467 g/mol. The molecule has 158 valence electrons. The summed E-state index contributed by atoms with van der Waals surface area (Å²) < 4.78 is 5.42. The maximum absolute atomic E-state index is 13.0. The van der Waals surface area contributed by atoms with Crippen molar-refractivity contribution < 1.29 is 14.3 Å². The fraction of sp³-hybridized carbons (Fsp3) is 0.350. The Balaban J connectivity index is 2.02. The van der Waals surface area contributed by atoms with E-state index in [9.17, 15) is 9.59 Å². The van der Waals surface area contributed by atoms with E-state index in [1.807, 2.05) is 0 Å². The summed E-state index contributed by atoms with van der Waals surface area (Å²) in [6, 6.07) is 5.00. The lowest BCUT2D eigenvalue weighted by Crippen LogP contribution is -2.35. The molecule has 0 spiro atoms. The maximum atomic E-state index is 13.0. The van der Waals surface area contributed by atoms with Crippen LogP contribution < -0.4 is 15.5 Å². The van der Waals surface area contributed by atoms with Gasteiger partial charge in [0, 0.05) is 48.7 Å². The molecule has 0 unspecified atom stereocenters. The number of hydrogen-bond acceptors (Lipinski definition) is 5. The third-order valence-electron chi connectivity index (χ3n) is 4.47. The SMILES string of the molecule is [C-]#[N+]c1c(N2CCOCC2)sc(C(=O)NCCNC(C)=O)c1-c1ccc(Cl)cc1Cl. The Morgan fingerprint density at radius 2 is 1.93 bits per heavy atom. The summed E-state index contributed by atoms with van der Waals surface area (Å²) in [4.78, 5) is 30.2. The van der Waals surface area contributed by atoms with Gasteiger partial charge in [-0.3, -0.25) is 9.59 Å². The number of thiophene rings is 1. The number of ether oxygens (including phenoxy) is 1. The number of halogens is 2. The Morgan fingerprint density at radius 1 is 1.23 bits per heavy atom. The molecule has 10 heteroatoms. The van der Waals surface area contributed by atoms with Gasteiger partial charge in [0.25, 0.3) is 5.91 Å². The lowest BCUT2D eigenvalue weighted by Gasteiger charge is -2.28. The largest absolute Gasteiger partial charge is 0.378 e. The first-order valence-electron chi connectivity index (χ1n) is 9.27. The van der Waals surface area contributed by atoms with Gasteiger partial charge in [-0.15, -0.1) is 11.3 Å². The molecule has 0 saturated carbocycles. The van der Waals surface area contributed by atoms with Crippen molar-refractivity contribution in [3.63, 3.8) is 0 Å². The molecule has 30 heavy (non-hydrogen) atoms. The van der Waals surface area contributed by atoms with Crippen LogP contribution in [-0.2, 0) is 9.53 Å². The van der Waals surface area contributed by atoms with E-state index in [2.05, 4.69) is 20.4 Å². The van der Waals surface area contributed by atoms with Crippen LogP contribution in [0.1, 0.15) is 16.6 Å². The van der Waals surface area contributed by atoms with Crippen molar-refractivity contribution in [3.05, 3.63) is 44.5 Å². The highest BCUT2D eigenvalue weighted by Gasteiger charge is 2.28. The van der Waals surface area contributed by atoms with Crippen LogP contribution in [0.25, 0.3) is 16.0 Å². The Morgan fingerprint density at radius 3 is 2.57 bits per heavy atom. The van der Waals surface area contributed by atoms with Crippen molar-refractivity contribution in [1.29, 1.82) is 0 Å². The van der Waals surface area contributed by atoms with Crippen molar-refractivity contribution in [2.24, 2.45) is 0 Å². The molecular weight excluding hydrogens is 447 g/mol. The summed E-state index contributed by atoms with van der Waals surface area (Å²) in [6.07, 6.45) is 0. The molecule has 0 radical (unpaired) electrons. The number of rotatable bonds is 6. The zero-order chi connectivity index (χ0) is 21.7. The monoisotopic (exact) mass is 466 g/mol. The molecule has 0 aliphatic carbocycles. The van der Waals surface area contributed by atoms with E-state index in [1.54, 1.807) is 18.2 Å². The molecule has 1 fully saturated rings. The van der Waals surface area contributed by atoms with E-state index in [1.165, 1.54) is 18.3 Å². The summed E-state index contributed by atoms with van der Waals surface area (Å²) in [5.74, 6) is -0.491. The van der Waals surface area contributed by atoms with Crippen molar-refractivity contribution in [2.75, 3.05) is 44.3 Å². The fourth-order valence-corrected chi connectivity index (χ4v) is 4.82. The molecule has 1 aliphatic heterocycles. The second-order valence-electron chi connectivity index (χ2n) is 6.53. The van der Waals surface area contributed by atoms with Crippen LogP contribution in [0.15, 0.2) is 18.2 Å². The van der Waals surface area contributed by atoms with E-state index in [0.29, 0.717) is 64.6 Å². The number of hydrogen-bond donors (Lipinski definition) is 2. The molecule has 1 aromatic carbocycles. The molecule has 1 aromatic heterocycles. The normalized spacial score (nSPS) is 13.6. The second kappa shape index (κ2) is 10.1. The first-order chi connectivity index (χ1) is 14.4. The van der Waals surface area contributed by atoms with Gasteiger partial charge in [0.15, 0.2) is 0 Å².